The zero-order chi connectivity index (χ0) is 21.4. The third-order valence-electron chi connectivity index (χ3n) is 5.73. The van der Waals surface area contributed by atoms with Crippen LogP contribution in [0, 0.1) is 0 Å². The normalized spacial score (nSPS) is 20.1. The monoisotopic (exact) mass is 430 g/mol. The van der Waals surface area contributed by atoms with Gasteiger partial charge in [0.15, 0.2) is 5.78 Å². The SMILES string of the molecule is CC(=O)Oc1ccc([C@H]2Nc3ccccc3NC3=C2C(=O)C[C@H](c2cccs2)C3)cc1. The molecule has 2 atom stereocenters. The third kappa shape index (κ3) is 3.86. The fourth-order valence-electron chi connectivity index (χ4n) is 4.36. The summed E-state index contributed by atoms with van der Waals surface area (Å²) < 4.78 is 5.17. The second-order valence-electron chi connectivity index (χ2n) is 7.85. The third-order valence-corrected chi connectivity index (χ3v) is 6.76. The first-order chi connectivity index (χ1) is 15.1. The fraction of sp³-hybridized carbons (Fsp3) is 0.200. The summed E-state index contributed by atoms with van der Waals surface area (Å²) in [6.07, 6.45) is 1.29. The van der Waals surface area contributed by atoms with E-state index in [1.807, 2.05) is 42.5 Å². The van der Waals surface area contributed by atoms with Gasteiger partial charge < -0.3 is 15.4 Å². The highest BCUT2D eigenvalue weighted by Crippen LogP contribution is 2.44. The molecule has 5 rings (SSSR count). The van der Waals surface area contributed by atoms with Gasteiger partial charge in [-0.25, -0.2) is 0 Å². The van der Waals surface area contributed by atoms with Crippen molar-refractivity contribution in [2.24, 2.45) is 0 Å². The molecule has 2 aliphatic rings. The number of nitrogens with one attached hydrogen (secondary N) is 2. The number of esters is 1. The van der Waals surface area contributed by atoms with E-state index in [1.165, 1.54) is 11.8 Å². The molecule has 2 aromatic carbocycles. The summed E-state index contributed by atoms with van der Waals surface area (Å²) in [7, 11) is 0. The Balaban J connectivity index is 1.56. The van der Waals surface area contributed by atoms with Crippen LogP contribution in [0.5, 0.6) is 5.75 Å². The van der Waals surface area contributed by atoms with Crippen LogP contribution < -0.4 is 15.4 Å². The molecule has 5 nitrogen and oxygen atoms in total. The molecule has 0 saturated heterocycles. The van der Waals surface area contributed by atoms with E-state index in [0.29, 0.717) is 12.2 Å². The van der Waals surface area contributed by atoms with Crippen LogP contribution in [0.4, 0.5) is 11.4 Å². The summed E-state index contributed by atoms with van der Waals surface area (Å²) in [5, 5.41) is 9.19. The van der Waals surface area contributed by atoms with E-state index >= 15 is 0 Å². The van der Waals surface area contributed by atoms with Gasteiger partial charge in [-0.05, 0) is 47.7 Å². The highest BCUT2D eigenvalue weighted by atomic mass is 32.1. The van der Waals surface area contributed by atoms with Gasteiger partial charge in [0, 0.05) is 35.4 Å². The van der Waals surface area contributed by atoms with Crippen molar-refractivity contribution in [1.82, 2.24) is 0 Å². The standard InChI is InChI=1S/C25H22N2O3S/c1-15(28)30-18-10-8-16(9-11-18)25-24-21(26-19-5-2-3-6-20(19)27-25)13-17(14-22(24)29)23-7-4-12-31-23/h2-12,17,25-27H,13-14H2,1H3/t17-,25-/m1/s1. The lowest BCUT2D eigenvalue weighted by Gasteiger charge is -2.29. The van der Waals surface area contributed by atoms with Gasteiger partial charge in [-0.1, -0.05) is 30.3 Å². The number of hydrogen-bond donors (Lipinski definition) is 2. The number of allylic oxidation sites excluding steroid dienone is 1. The molecule has 3 aromatic rings. The molecule has 1 aromatic heterocycles. The minimum absolute atomic E-state index is 0.154. The van der Waals surface area contributed by atoms with Gasteiger partial charge in [0.25, 0.3) is 0 Å². The fourth-order valence-corrected chi connectivity index (χ4v) is 5.19. The molecular formula is C25H22N2O3S. The minimum Gasteiger partial charge on any atom is -0.427 e. The van der Waals surface area contributed by atoms with Crippen molar-refractivity contribution >= 4 is 34.5 Å². The predicted molar refractivity (Wildman–Crippen MR) is 123 cm³/mol. The zero-order valence-electron chi connectivity index (χ0n) is 17.1. The molecule has 156 valence electrons. The maximum atomic E-state index is 13.4. The predicted octanol–water partition coefficient (Wildman–Crippen LogP) is 5.65. The lowest BCUT2D eigenvalue weighted by atomic mass is 9.81. The lowest BCUT2D eigenvalue weighted by molar-refractivity contribution is -0.131. The highest BCUT2D eigenvalue weighted by molar-refractivity contribution is 7.10. The molecule has 0 spiro atoms. The van der Waals surface area contributed by atoms with Crippen molar-refractivity contribution in [2.75, 3.05) is 10.6 Å². The second-order valence-corrected chi connectivity index (χ2v) is 8.83. The Morgan fingerprint density at radius 2 is 1.77 bits per heavy atom. The van der Waals surface area contributed by atoms with Crippen LogP contribution in [0.1, 0.15) is 42.2 Å². The van der Waals surface area contributed by atoms with Gasteiger partial charge in [0.2, 0.25) is 0 Å². The van der Waals surface area contributed by atoms with E-state index in [4.69, 9.17) is 4.74 Å². The van der Waals surface area contributed by atoms with Crippen LogP contribution in [-0.2, 0) is 9.59 Å². The van der Waals surface area contributed by atoms with Gasteiger partial charge in [-0.15, -0.1) is 11.3 Å². The molecule has 0 fully saturated rings. The second kappa shape index (κ2) is 8.04. The Morgan fingerprint density at radius 1 is 1.00 bits per heavy atom. The topological polar surface area (TPSA) is 67.4 Å². The Morgan fingerprint density at radius 3 is 2.48 bits per heavy atom. The maximum absolute atomic E-state index is 13.4. The molecule has 2 heterocycles. The van der Waals surface area contributed by atoms with Crippen LogP contribution in [0.25, 0.3) is 0 Å². The Hall–Kier alpha value is -3.38. The van der Waals surface area contributed by atoms with Crippen molar-refractivity contribution in [3.05, 3.63) is 87.8 Å². The van der Waals surface area contributed by atoms with Crippen molar-refractivity contribution in [3.63, 3.8) is 0 Å². The van der Waals surface area contributed by atoms with Crippen molar-refractivity contribution < 1.29 is 14.3 Å². The van der Waals surface area contributed by atoms with E-state index in [9.17, 15) is 9.59 Å². The van der Waals surface area contributed by atoms with Crippen LogP contribution in [0.3, 0.4) is 0 Å². The number of thiophene rings is 1. The molecule has 0 unspecified atom stereocenters. The maximum Gasteiger partial charge on any atom is 0.308 e. The van der Waals surface area contributed by atoms with Gasteiger partial charge in [0.1, 0.15) is 5.75 Å². The Labute approximate surface area is 184 Å². The van der Waals surface area contributed by atoms with Crippen LogP contribution in [0.2, 0.25) is 0 Å². The number of Topliss-reactive ketones (excluding diaryl/α,β-unsaturated/α-hetero) is 1. The number of carbonyl (C=O) groups is 2. The summed E-state index contributed by atoms with van der Waals surface area (Å²) in [5.74, 6) is 0.480. The molecule has 0 radical (unpaired) electrons. The van der Waals surface area contributed by atoms with Crippen LogP contribution in [0.15, 0.2) is 77.3 Å². The van der Waals surface area contributed by atoms with Gasteiger partial charge in [0.05, 0.1) is 17.4 Å². The van der Waals surface area contributed by atoms with E-state index in [0.717, 1.165) is 34.6 Å². The number of ether oxygens (including phenoxy) is 1. The molecule has 0 amide bonds. The number of benzene rings is 2. The van der Waals surface area contributed by atoms with Crippen molar-refractivity contribution in [1.29, 1.82) is 0 Å². The quantitative estimate of drug-likeness (QED) is 0.415. The lowest BCUT2D eigenvalue weighted by Crippen LogP contribution is -2.26. The molecule has 1 aliphatic heterocycles. The number of fused-ring (bicyclic) bond motifs is 1. The average molecular weight is 431 g/mol. The molecule has 6 heteroatoms. The number of rotatable bonds is 3. The largest absolute Gasteiger partial charge is 0.427 e. The number of hydrogen-bond acceptors (Lipinski definition) is 6. The van der Waals surface area contributed by atoms with Gasteiger partial charge >= 0.3 is 5.97 Å². The number of anilines is 2. The minimum atomic E-state index is -0.356. The van der Waals surface area contributed by atoms with Crippen LogP contribution in [-0.4, -0.2) is 11.8 Å². The van der Waals surface area contributed by atoms with Crippen molar-refractivity contribution in [3.8, 4) is 5.75 Å². The van der Waals surface area contributed by atoms with Crippen LogP contribution >= 0.6 is 11.3 Å². The Kier molecular flexibility index (Phi) is 5.08. The first-order valence-corrected chi connectivity index (χ1v) is 11.2. The van der Waals surface area contributed by atoms with E-state index in [1.54, 1.807) is 23.5 Å². The average Bonchev–Trinajstić information content (AvgIpc) is 3.23. The summed E-state index contributed by atoms with van der Waals surface area (Å²) in [6.45, 7) is 1.38. The smallest absolute Gasteiger partial charge is 0.308 e. The first-order valence-electron chi connectivity index (χ1n) is 10.3. The number of ketones is 1. The Bertz CT molecular complexity index is 1170. The molecule has 31 heavy (non-hydrogen) atoms. The van der Waals surface area contributed by atoms with E-state index in [2.05, 4.69) is 22.1 Å². The number of carbonyl (C=O) groups excluding carboxylic acids is 2. The molecular weight excluding hydrogens is 408 g/mol. The van der Waals surface area contributed by atoms with Gasteiger partial charge in [-0.3, -0.25) is 9.59 Å². The summed E-state index contributed by atoms with van der Waals surface area (Å²) >= 11 is 1.71. The molecule has 2 N–H and O–H groups in total. The summed E-state index contributed by atoms with van der Waals surface area (Å²) in [5.41, 5.74) is 4.62. The molecule has 0 saturated carbocycles. The molecule has 1 aliphatic carbocycles. The van der Waals surface area contributed by atoms with E-state index in [-0.39, 0.29) is 23.7 Å². The zero-order valence-corrected chi connectivity index (χ0v) is 17.9. The number of para-hydroxylation sites is 2. The summed E-state index contributed by atoms with van der Waals surface area (Å²) in [4.78, 5) is 25.9. The summed E-state index contributed by atoms with van der Waals surface area (Å²) in [6, 6.07) is 19.2. The van der Waals surface area contributed by atoms with Crippen molar-refractivity contribution in [2.45, 2.75) is 31.7 Å². The van der Waals surface area contributed by atoms with Gasteiger partial charge in [-0.2, -0.15) is 0 Å². The first kappa shape index (κ1) is 19.6. The van der Waals surface area contributed by atoms with E-state index < -0.39 is 0 Å². The highest BCUT2D eigenvalue weighted by Gasteiger charge is 2.36. The molecule has 0 bridgehead atoms.